The zero-order chi connectivity index (χ0) is 12.3. The van der Waals surface area contributed by atoms with Crippen LogP contribution in [-0.2, 0) is 11.3 Å². The van der Waals surface area contributed by atoms with Gasteiger partial charge in [0.2, 0.25) is 0 Å². The molecule has 0 saturated heterocycles. The van der Waals surface area contributed by atoms with Gasteiger partial charge in [0.25, 0.3) is 5.91 Å². The van der Waals surface area contributed by atoms with Gasteiger partial charge in [-0.2, -0.15) is 0 Å². The first kappa shape index (κ1) is 12.0. The van der Waals surface area contributed by atoms with Crippen LogP contribution in [0.1, 0.15) is 32.3 Å². The summed E-state index contributed by atoms with van der Waals surface area (Å²) in [5, 5.41) is 0. The number of carbonyl (C=O) groups is 1. The zero-order valence-corrected chi connectivity index (χ0v) is 10.5. The Balaban J connectivity index is 2.22. The van der Waals surface area contributed by atoms with Crippen molar-refractivity contribution in [2.45, 2.75) is 39.3 Å². The summed E-state index contributed by atoms with van der Waals surface area (Å²) in [4.78, 5) is 14.0. The Morgan fingerprint density at radius 1 is 1.41 bits per heavy atom. The van der Waals surface area contributed by atoms with Crippen molar-refractivity contribution in [2.24, 2.45) is 0 Å². The Kier molecular flexibility index (Phi) is 3.67. The number of amides is 1. The van der Waals surface area contributed by atoms with Gasteiger partial charge in [-0.25, -0.2) is 0 Å². The van der Waals surface area contributed by atoms with Crippen molar-refractivity contribution in [2.75, 3.05) is 6.54 Å². The fourth-order valence-electron chi connectivity index (χ4n) is 2.07. The molecule has 1 aliphatic rings. The second kappa shape index (κ2) is 5.21. The highest BCUT2D eigenvalue weighted by Crippen LogP contribution is 2.25. The summed E-state index contributed by atoms with van der Waals surface area (Å²) in [5.41, 5.74) is 1.10. The van der Waals surface area contributed by atoms with Crippen molar-refractivity contribution in [3.8, 4) is 5.75 Å². The molecule has 92 valence electrons. The molecule has 1 amide bonds. The second-order valence-corrected chi connectivity index (χ2v) is 4.48. The molecule has 0 N–H and O–H groups in total. The first-order valence-corrected chi connectivity index (χ1v) is 6.25. The average Bonchev–Trinajstić information content (AvgIpc) is 2.46. The van der Waals surface area contributed by atoms with Crippen LogP contribution in [0, 0.1) is 0 Å². The summed E-state index contributed by atoms with van der Waals surface area (Å²) in [6.45, 7) is 5.44. The minimum atomic E-state index is -0.379. The molecular weight excluding hydrogens is 214 g/mol. The second-order valence-electron chi connectivity index (χ2n) is 4.48. The maximum Gasteiger partial charge on any atom is 0.263 e. The highest BCUT2D eigenvalue weighted by atomic mass is 16.5. The predicted molar refractivity (Wildman–Crippen MR) is 66.9 cm³/mol. The quantitative estimate of drug-likeness (QED) is 0.803. The van der Waals surface area contributed by atoms with Gasteiger partial charge in [-0.15, -0.1) is 0 Å². The summed E-state index contributed by atoms with van der Waals surface area (Å²) < 4.78 is 5.69. The average molecular weight is 233 g/mol. The van der Waals surface area contributed by atoms with Crippen LogP contribution < -0.4 is 4.74 Å². The van der Waals surface area contributed by atoms with Gasteiger partial charge in [0, 0.05) is 18.7 Å². The van der Waals surface area contributed by atoms with Gasteiger partial charge in [0.1, 0.15) is 5.75 Å². The Bertz CT molecular complexity index is 403. The SMILES string of the molecule is CCCCN1Cc2ccccc2O[C@H](C)C1=O. The van der Waals surface area contributed by atoms with E-state index in [0.29, 0.717) is 6.54 Å². The van der Waals surface area contributed by atoms with Crippen LogP contribution in [-0.4, -0.2) is 23.5 Å². The number of unbranched alkanes of at least 4 members (excludes halogenated alkanes) is 1. The topological polar surface area (TPSA) is 29.5 Å². The third-order valence-corrected chi connectivity index (χ3v) is 3.08. The summed E-state index contributed by atoms with van der Waals surface area (Å²) in [6, 6.07) is 7.89. The maximum absolute atomic E-state index is 12.1. The third kappa shape index (κ3) is 2.60. The van der Waals surface area contributed by atoms with Gasteiger partial charge in [-0.1, -0.05) is 31.5 Å². The smallest absolute Gasteiger partial charge is 0.263 e. The van der Waals surface area contributed by atoms with E-state index in [1.54, 1.807) is 0 Å². The van der Waals surface area contributed by atoms with Crippen molar-refractivity contribution in [1.82, 2.24) is 4.90 Å². The van der Waals surface area contributed by atoms with Crippen molar-refractivity contribution < 1.29 is 9.53 Å². The highest BCUT2D eigenvalue weighted by Gasteiger charge is 2.26. The maximum atomic E-state index is 12.1. The highest BCUT2D eigenvalue weighted by molar-refractivity contribution is 5.81. The lowest BCUT2D eigenvalue weighted by Gasteiger charge is -2.21. The monoisotopic (exact) mass is 233 g/mol. The van der Waals surface area contributed by atoms with Crippen molar-refractivity contribution >= 4 is 5.91 Å². The fourth-order valence-corrected chi connectivity index (χ4v) is 2.07. The molecule has 0 aromatic heterocycles. The Hall–Kier alpha value is -1.51. The van der Waals surface area contributed by atoms with Crippen LogP contribution in [0.25, 0.3) is 0 Å². The Morgan fingerprint density at radius 3 is 2.94 bits per heavy atom. The minimum Gasteiger partial charge on any atom is -0.481 e. The first-order chi connectivity index (χ1) is 8.22. The number of carbonyl (C=O) groups excluding carboxylic acids is 1. The summed E-state index contributed by atoms with van der Waals surface area (Å²) >= 11 is 0. The molecule has 1 atom stereocenters. The van der Waals surface area contributed by atoms with Crippen LogP contribution in [0.3, 0.4) is 0 Å². The number of fused-ring (bicyclic) bond motifs is 1. The van der Waals surface area contributed by atoms with Crippen molar-refractivity contribution in [3.63, 3.8) is 0 Å². The molecule has 1 aromatic rings. The fraction of sp³-hybridized carbons (Fsp3) is 0.500. The molecule has 0 radical (unpaired) electrons. The molecule has 0 aliphatic carbocycles. The molecule has 3 nitrogen and oxygen atoms in total. The van der Waals surface area contributed by atoms with E-state index < -0.39 is 0 Å². The molecule has 0 unspecified atom stereocenters. The van der Waals surface area contributed by atoms with Crippen LogP contribution in [0.15, 0.2) is 24.3 Å². The van der Waals surface area contributed by atoms with E-state index >= 15 is 0 Å². The van der Waals surface area contributed by atoms with Crippen LogP contribution in [0.4, 0.5) is 0 Å². The van der Waals surface area contributed by atoms with Gasteiger partial charge in [0.05, 0.1) is 0 Å². The molecule has 0 bridgehead atoms. The molecule has 0 spiro atoms. The summed E-state index contributed by atoms with van der Waals surface area (Å²) in [6.07, 6.45) is 1.76. The number of nitrogens with zero attached hydrogens (tertiary/aromatic N) is 1. The van der Waals surface area contributed by atoms with E-state index in [1.165, 1.54) is 0 Å². The molecule has 0 fully saturated rings. The molecule has 1 heterocycles. The molecule has 1 aromatic carbocycles. The number of hydrogen-bond acceptors (Lipinski definition) is 2. The minimum absolute atomic E-state index is 0.0923. The van der Waals surface area contributed by atoms with E-state index in [0.717, 1.165) is 30.7 Å². The van der Waals surface area contributed by atoms with E-state index in [-0.39, 0.29) is 12.0 Å². The van der Waals surface area contributed by atoms with Gasteiger partial charge < -0.3 is 9.64 Å². The van der Waals surface area contributed by atoms with Gasteiger partial charge >= 0.3 is 0 Å². The number of ether oxygens (including phenoxy) is 1. The molecular formula is C14H19NO2. The van der Waals surface area contributed by atoms with Crippen LogP contribution in [0.5, 0.6) is 5.75 Å². The van der Waals surface area contributed by atoms with E-state index in [9.17, 15) is 4.79 Å². The molecule has 1 aliphatic heterocycles. The van der Waals surface area contributed by atoms with E-state index in [2.05, 4.69) is 6.92 Å². The van der Waals surface area contributed by atoms with E-state index in [1.807, 2.05) is 36.1 Å². The largest absolute Gasteiger partial charge is 0.481 e. The lowest BCUT2D eigenvalue weighted by molar-refractivity contribution is -0.137. The number of para-hydroxylation sites is 1. The third-order valence-electron chi connectivity index (χ3n) is 3.08. The van der Waals surface area contributed by atoms with Gasteiger partial charge in [-0.05, 0) is 19.4 Å². The first-order valence-electron chi connectivity index (χ1n) is 6.25. The van der Waals surface area contributed by atoms with Gasteiger partial charge in [0.15, 0.2) is 6.10 Å². The van der Waals surface area contributed by atoms with Crippen LogP contribution in [0.2, 0.25) is 0 Å². The predicted octanol–water partition coefficient (Wildman–Crippen LogP) is 2.60. The summed E-state index contributed by atoms with van der Waals surface area (Å²) in [7, 11) is 0. The molecule has 3 heteroatoms. The standard InChI is InChI=1S/C14H19NO2/c1-3-4-9-15-10-12-7-5-6-8-13(12)17-11(2)14(15)16/h5-8,11H,3-4,9-10H2,1-2H3/t11-/m1/s1. The van der Waals surface area contributed by atoms with Crippen LogP contribution >= 0.6 is 0 Å². The van der Waals surface area contributed by atoms with Crippen molar-refractivity contribution in [3.05, 3.63) is 29.8 Å². The molecule has 0 saturated carbocycles. The molecule has 17 heavy (non-hydrogen) atoms. The zero-order valence-electron chi connectivity index (χ0n) is 10.5. The number of rotatable bonds is 3. The number of hydrogen-bond donors (Lipinski definition) is 0. The van der Waals surface area contributed by atoms with Gasteiger partial charge in [-0.3, -0.25) is 4.79 Å². The number of benzene rings is 1. The summed E-state index contributed by atoms with van der Waals surface area (Å²) in [5.74, 6) is 0.932. The normalized spacial score (nSPS) is 19.5. The Morgan fingerprint density at radius 2 is 2.18 bits per heavy atom. The molecule has 2 rings (SSSR count). The Labute approximate surface area is 102 Å². The lowest BCUT2D eigenvalue weighted by atomic mass is 10.2. The lowest BCUT2D eigenvalue weighted by Crippen LogP contribution is -2.38. The van der Waals surface area contributed by atoms with E-state index in [4.69, 9.17) is 4.74 Å². The van der Waals surface area contributed by atoms with Crippen molar-refractivity contribution in [1.29, 1.82) is 0 Å².